The van der Waals surface area contributed by atoms with E-state index in [-0.39, 0.29) is 12.6 Å². The Bertz CT molecular complexity index is 560. The summed E-state index contributed by atoms with van der Waals surface area (Å²) < 4.78 is 0. The molecule has 2 rings (SSSR count). The average molecular weight is 252 g/mol. The van der Waals surface area contributed by atoms with Crippen LogP contribution in [0.5, 0.6) is 0 Å². The van der Waals surface area contributed by atoms with Crippen molar-refractivity contribution >= 4 is 5.69 Å². The van der Waals surface area contributed by atoms with Gasteiger partial charge in [-0.15, -0.1) is 0 Å². The predicted octanol–water partition coefficient (Wildman–Crippen LogP) is 2.57. The van der Waals surface area contributed by atoms with E-state index in [0.29, 0.717) is 5.56 Å². The molecule has 1 atom stereocenters. The van der Waals surface area contributed by atoms with Gasteiger partial charge in [-0.1, -0.05) is 36.4 Å². The smallest absolute Gasteiger partial charge is 0.0992 e. The fourth-order valence-corrected chi connectivity index (χ4v) is 1.97. The van der Waals surface area contributed by atoms with E-state index in [9.17, 15) is 5.11 Å². The summed E-state index contributed by atoms with van der Waals surface area (Å²) in [5, 5.41) is 21.6. The second-order valence-electron chi connectivity index (χ2n) is 4.41. The number of nitriles is 1. The highest BCUT2D eigenvalue weighted by Crippen LogP contribution is 2.13. The Hall–Kier alpha value is -2.31. The average Bonchev–Trinajstić information content (AvgIpc) is 2.48. The number of hydrogen-bond acceptors (Lipinski definition) is 3. The molecule has 96 valence electrons. The number of hydrogen-bond donors (Lipinski definition) is 2. The van der Waals surface area contributed by atoms with Crippen molar-refractivity contribution in [2.75, 3.05) is 11.9 Å². The molecule has 0 heterocycles. The highest BCUT2D eigenvalue weighted by molar-refractivity contribution is 5.50. The largest absolute Gasteiger partial charge is 0.394 e. The fourth-order valence-electron chi connectivity index (χ4n) is 1.97. The van der Waals surface area contributed by atoms with Crippen molar-refractivity contribution in [3.8, 4) is 6.07 Å². The van der Waals surface area contributed by atoms with E-state index in [4.69, 9.17) is 5.26 Å². The molecule has 0 saturated heterocycles. The van der Waals surface area contributed by atoms with Gasteiger partial charge < -0.3 is 10.4 Å². The summed E-state index contributed by atoms with van der Waals surface area (Å²) in [5.41, 5.74) is 2.64. The third kappa shape index (κ3) is 3.84. The van der Waals surface area contributed by atoms with Gasteiger partial charge >= 0.3 is 0 Å². The van der Waals surface area contributed by atoms with Crippen LogP contribution in [0.25, 0.3) is 0 Å². The van der Waals surface area contributed by atoms with Crippen molar-refractivity contribution in [1.82, 2.24) is 0 Å². The van der Waals surface area contributed by atoms with Crippen molar-refractivity contribution in [3.63, 3.8) is 0 Å². The number of benzene rings is 2. The zero-order chi connectivity index (χ0) is 13.5. The summed E-state index contributed by atoms with van der Waals surface area (Å²) in [4.78, 5) is 0. The number of aliphatic hydroxyl groups excluding tert-OH is 1. The standard InChI is InChI=1S/C16H16N2O/c17-11-14-7-4-8-15(10-14)18-16(12-19)9-13-5-2-1-3-6-13/h1-8,10,16,18-19H,9,12H2. The van der Waals surface area contributed by atoms with Gasteiger partial charge in [-0.05, 0) is 30.2 Å². The lowest BCUT2D eigenvalue weighted by molar-refractivity contribution is 0.273. The highest BCUT2D eigenvalue weighted by atomic mass is 16.3. The summed E-state index contributed by atoms with van der Waals surface area (Å²) in [6.07, 6.45) is 0.744. The molecule has 19 heavy (non-hydrogen) atoms. The Morgan fingerprint density at radius 2 is 1.89 bits per heavy atom. The van der Waals surface area contributed by atoms with Crippen LogP contribution in [0.15, 0.2) is 54.6 Å². The minimum atomic E-state index is -0.0589. The van der Waals surface area contributed by atoms with E-state index in [1.165, 1.54) is 5.56 Å². The van der Waals surface area contributed by atoms with Crippen molar-refractivity contribution < 1.29 is 5.11 Å². The van der Waals surface area contributed by atoms with Crippen LogP contribution in [0.3, 0.4) is 0 Å². The Morgan fingerprint density at radius 1 is 1.11 bits per heavy atom. The van der Waals surface area contributed by atoms with Gasteiger partial charge in [0.25, 0.3) is 0 Å². The van der Waals surface area contributed by atoms with Crippen LogP contribution in [0.1, 0.15) is 11.1 Å². The van der Waals surface area contributed by atoms with Crippen LogP contribution in [-0.2, 0) is 6.42 Å². The molecule has 0 radical (unpaired) electrons. The van der Waals surface area contributed by atoms with E-state index < -0.39 is 0 Å². The summed E-state index contributed by atoms with van der Waals surface area (Å²) >= 11 is 0. The molecule has 0 aromatic heterocycles. The first-order valence-electron chi connectivity index (χ1n) is 6.23. The number of aliphatic hydroxyl groups is 1. The zero-order valence-corrected chi connectivity index (χ0v) is 10.6. The van der Waals surface area contributed by atoms with Gasteiger partial charge in [0.05, 0.1) is 24.3 Å². The number of nitrogens with zero attached hydrogens (tertiary/aromatic N) is 1. The Labute approximate surface area is 113 Å². The van der Waals surface area contributed by atoms with Gasteiger partial charge in [-0.25, -0.2) is 0 Å². The Morgan fingerprint density at radius 3 is 2.58 bits per heavy atom. The van der Waals surface area contributed by atoms with Gasteiger partial charge in [-0.2, -0.15) is 5.26 Å². The molecular weight excluding hydrogens is 236 g/mol. The van der Waals surface area contributed by atoms with Gasteiger partial charge in [0, 0.05) is 5.69 Å². The predicted molar refractivity (Wildman–Crippen MR) is 75.8 cm³/mol. The van der Waals surface area contributed by atoms with Crippen molar-refractivity contribution in [1.29, 1.82) is 5.26 Å². The quantitative estimate of drug-likeness (QED) is 0.860. The van der Waals surface area contributed by atoms with E-state index in [0.717, 1.165) is 12.1 Å². The van der Waals surface area contributed by atoms with Crippen molar-refractivity contribution in [2.24, 2.45) is 0 Å². The molecule has 0 amide bonds. The van der Waals surface area contributed by atoms with Crippen LogP contribution in [-0.4, -0.2) is 17.8 Å². The first kappa shape index (κ1) is 13.1. The van der Waals surface area contributed by atoms with Gasteiger partial charge in [-0.3, -0.25) is 0 Å². The summed E-state index contributed by atoms with van der Waals surface area (Å²) in [7, 11) is 0. The zero-order valence-electron chi connectivity index (χ0n) is 10.6. The maximum atomic E-state index is 9.45. The molecule has 3 nitrogen and oxygen atoms in total. The first-order chi connectivity index (χ1) is 9.31. The Kier molecular flexibility index (Phi) is 4.54. The molecule has 0 aliphatic heterocycles. The molecule has 0 aliphatic carbocycles. The van der Waals surface area contributed by atoms with E-state index in [1.54, 1.807) is 12.1 Å². The van der Waals surface area contributed by atoms with Crippen LogP contribution in [0, 0.1) is 11.3 Å². The molecule has 3 heteroatoms. The van der Waals surface area contributed by atoms with Crippen LogP contribution < -0.4 is 5.32 Å². The number of nitrogens with one attached hydrogen (secondary N) is 1. The second kappa shape index (κ2) is 6.58. The molecule has 0 spiro atoms. The highest BCUT2D eigenvalue weighted by Gasteiger charge is 2.08. The third-order valence-corrected chi connectivity index (χ3v) is 2.91. The molecule has 0 saturated carbocycles. The number of anilines is 1. The van der Waals surface area contributed by atoms with Crippen LogP contribution in [0.2, 0.25) is 0 Å². The monoisotopic (exact) mass is 252 g/mol. The summed E-state index contributed by atoms with van der Waals surface area (Å²) in [6.45, 7) is 0.0473. The van der Waals surface area contributed by atoms with E-state index >= 15 is 0 Å². The SMILES string of the molecule is N#Cc1cccc(NC(CO)Cc2ccccc2)c1. The van der Waals surface area contributed by atoms with E-state index in [1.807, 2.05) is 42.5 Å². The summed E-state index contributed by atoms with van der Waals surface area (Å²) in [5.74, 6) is 0. The van der Waals surface area contributed by atoms with Crippen LogP contribution in [0.4, 0.5) is 5.69 Å². The van der Waals surface area contributed by atoms with Gasteiger partial charge in [0.1, 0.15) is 0 Å². The summed E-state index contributed by atoms with van der Waals surface area (Å²) in [6, 6.07) is 19.3. The normalized spacial score (nSPS) is 11.6. The Balaban J connectivity index is 2.05. The van der Waals surface area contributed by atoms with Crippen molar-refractivity contribution in [2.45, 2.75) is 12.5 Å². The first-order valence-corrected chi connectivity index (χ1v) is 6.23. The van der Waals surface area contributed by atoms with Gasteiger partial charge in [0.2, 0.25) is 0 Å². The fraction of sp³-hybridized carbons (Fsp3) is 0.188. The number of rotatable bonds is 5. The molecule has 0 bridgehead atoms. The van der Waals surface area contributed by atoms with Crippen molar-refractivity contribution in [3.05, 3.63) is 65.7 Å². The maximum absolute atomic E-state index is 9.45. The third-order valence-electron chi connectivity index (χ3n) is 2.91. The molecule has 0 aliphatic rings. The minimum absolute atomic E-state index is 0.0473. The van der Waals surface area contributed by atoms with E-state index in [2.05, 4.69) is 11.4 Å². The maximum Gasteiger partial charge on any atom is 0.0992 e. The molecule has 1 unspecified atom stereocenters. The lowest BCUT2D eigenvalue weighted by atomic mass is 10.1. The second-order valence-corrected chi connectivity index (χ2v) is 4.41. The molecule has 2 aromatic carbocycles. The minimum Gasteiger partial charge on any atom is -0.394 e. The lowest BCUT2D eigenvalue weighted by Gasteiger charge is -2.17. The van der Waals surface area contributed by atoms with Crippen LogP contribution >= 0.6 is 0 Å². The van der Waals surface area contributed by atoms with Gasteiger partial charge in [0.15, 0.2) is 0 Å². The topological polar surface area (TPSA) is 56.0 Å². The molecule has 0 fully saturated rings. The molecule has 2 N–H and O–H groups in total. The molecular formula is C16H16N2O. The lowest BCUT2D eigenvalue weighted by Crippen LogP contribution is -2.26. The molecule has 2 aromatic rings.